The average molecular weight is 373 g/mol. The predicted molar refractivity (Wildman–Crippen MR) is 105 cm³/mol. The number of aromatic carboxylic acids is 1. The van der Waals surface area contributed by atoms with Gasteiger partial charge in [0.05, 0.1) is 0 Å². The van der Waals surface area contributed by atoms with Crippen molar-refractivity contribution in [2.24, 2.45) is 11.3 Å². The lowest BCUT2D eigenvalue weighted by molar-refractivity contribution is -0.138. The molecule has 6 heteroatoms. The smallest absolute Gasteiger partial charge is 0.339 e. The summed E-state index contributed by atoms with van der Waals surface area (Å²) >= 11 is 0. The number of pyridine rings is 1. The first-order valence-electron chi connectivity index (χ1n) is 10.0. The van der Waals surface area contributed by atoms with Gasteiger partial charge in [0.2, 0.25) is 5.91 Å². The Hall–Kier alpha value is -2.11. The van der Waals surface area contributed by atoms with Gasteiger partial charge >= 0.3 is 5.97 Å². The lowest BCUT2D eigenvalue weighted by atomic mass is 9.73. The maximum absolute atomic E-state index is 12.4. The van der Waals surface area contributed by atoms with E-state index >= 15 is 0 Å². The van der Waals surface area contributed by atoms with Crippen molar-refractivity contribution < 1.29 is 14.7 Å². The Morgan fingerprint density at radius 2 is 2.07 bits per heavy atom. The molecule has 3 heterocycles. The Bertz CT molecular complexity index is 719. The first-order chi connectivity index (χ1) is 12.8. The van der Waals surface area contributed by atoms with Crippen molar-refractivity contribution in [1.82, 2.24) is 9.88 Å². The number of hydrogen-bond donors (Lipinski definition) is 1. The Balaban J connectivity index is 1.80. The van der Waals surface area contributed by atoms with Crippen LogP contribution in [-0.4, -0.2) is 53.0 Å². The molecule has 0 bridgehead atoms. The van der Waals surface area contributed by atoms with Gasteiger partial charge in [0.15, 0.2) is 0 Å². The standard InChI is InChI=1S/C21H31N3O3/c1-15(2)8-12-23-13-21(10-7-18(23)25)9-4-11-24(14-21)19-17(20(26)27)6-5-16(3)22-19/h5-6,15H,4,7-14H2,1-3H3,(H,26,27). The van der Waals surface area contributed by atoms with Crippen LogP contribution in [0.1, 0.15) is 62.0 Å². The molecule has 1 spiro atoms. The van der Waals surface area contributed by atoms with E-state index in [2.05, 4.69) is 23.7 Å². The molecule has 0 radical (unpaired) electrons. The van der Waals surface area contributed by atoms with Crippen LogP contribution in [0.4, 0.5) is 5.82 Å². The average Bonchev–Trinajstić information content (AvgIpc) is 2.62. The fourth-order valence-corrected chi connectivity index (χ4v) is 4.39. The molecule has 2 aliphatic rings. The minimum absolute atomic E-state index is 0.0460. The SMILES string of the molecule is Cc1ccc(C(=O)O)c(N2CCCC3(CCC(=O)N(CCC(C)C)C3)C2)n1. The number of nitrogens with zero attached hydrogens (tertiary/aromatic N) is 3. The molecule has 1 atom stereocenters. The first kappa shape index (κ1) is 19.6. The van der Waals surface area contributed by atoms with Crippen molar-refractivity contribution in [2.75, 3.05) is 31.1 Å². The zero-order valence-corrected chi connectivity index (χ0v) is 16.7. The van der Waals surface area contributed by atoms with Crippen molar-refractivity contribution in [3.8, 4) is 0 Å². The number of likely N-dealkylation sites (tertiary alicyclic amines) is 1. The highest BCUT2D eigenvalue weighted by molar-refractivity contribution is 5.93. The quantitative estimate of drug-likeness (QED) is 0.857. The number of aryl methyl sites for hydroxylation is 1. The van der Waals surface area contributed by atoms with Gasteiger partial charge in [0, 0.05) is 43.7 Å². The Morgan fingerprint density at radius 3 is 2.78 bits per heavy atom. The number of carboxylic acids is 1. The summed E-state index contributed by atoms with van der Waals surface area (Å²) in [4.78, 5) is 32.8. The Morgan fingerprint density at radius 1 is 1.30 bits per heavy atom. The van der Waals surface area contributed by atoms with Crippen LogP contribution in [0.25, 0.3) is 0 Å². The highest BCUT2D eigenvalue weighted by Gasteiger charge is 2.42. The van der Waals surface area contributed by atoms with Crippen molar-refractivity contribution in [1.29, 1.82) is 0 Å². The van der Waals surface area contributed by atoms with Crippen LogP contribution < -0.4 is 4.90 Å². The molecule has 1 unspecified atom stereocenters. The third-order valence-electron chi connectivity index (χ3n) is 5.93. The predicted octanol–water partition coefficient (Wildman–Crippen LogP) is 3.34. The van der Waals surface area contributed by atoms with E-state index in [0.29, 0.717) is 18.2 Å². The van der Waals surface area contributed by atoms with Crippen molar-refractivity contribution >= 4 is 17.7 Å². The Kier molecular flexibility index (Phi) is 5.72. The van der Waals surface area contributed by atoms with Crippen LogP contribution >= 0.6 is 0 Å². The van der Waals surface area contributed by atoms with Crippen LogP contribution in [0.2, 0.25) is 0 Å². The van der Waals surface area contributed by atoms with E-state index in [0.717, 1.165) is 57.6 Å². The monoisotopic (exact) mass is 373 g/mol. The van der Waals surface area contributed by atoms with Gasteiger partial charge in [0.1, 0.15) is 11.4 Å². The van der Waals surface area contributed by atoms with E-state index < -0.39 is 5.97 Å². The largest absolute Gasteiger partial charge is 0.478 e. The molecule has 2 fully saturated rings. The van der Waals surface area contributed by atoms with E-state index in [1.165, 1.54) is 0 Å². The summed E-state index contributed by atoms with van der Waals surface area (Å²) in [6.45, 7) is 9.45. The summed E-state index contributed by atoms with van der Waals surface area (Å²) in [6.07, 6.45) is 4.59. The van der Waals surface area contributed by atoms with E-state index in [4.69, 9.17) is 0 Å². The van der Waals surface area contributed by atoms with Gasteiger partial charge in [-0.15, -0.1) is 0 Å². The molecule has 2 aliphatic heterocycles. The highest BCUT2D eigenvalue weighted by atomic mass is 16.4. The van der Waals surface area contributed by atoms with Crippen molar-refractivity contribution in [3.63, 3.8) is 0 Å². The van der Waals surface area contributed by atoms with Crippen LogP contribution in [0.3, 0.4) is 0 Å². The molecule has 0 aromatic carbocycles. The summed E-state index contributed by atoms with van der Waals surface area (Å²) in [7, 11) is 0. The van der Waals surface area contributed by atoms with Crippen LogP contribution in [-0.2, 0) is 4.79 Å². The Labute approximate surface area is 161 Å². The van der Waals surface area contributed by atoms with Crippen LogP contribution in [0.5, 0.6) is 0 Å². The second-order valence-electron chi connectivity index (χ2n) is 8.65. The fourth-order valence-electron chi connectivity index (χ4n) is 4.39. The molecule has 2 saturated heterocycles. The first-order valence-corrected chi connectivity index (χ1v) is 10.0. The van der Waals surface area contributed by atoms with Crippen molar-refractivity contribution in [3.05, 3.63) is 23.4 Å². The molecule has 0 saturated carbocycles. The molecule has 27 heavy (non-hydrogen) atoms. The maximum atomic E-state index is 12.4. The van der Waals surface area contributed by atoms with E-state index in [-0.39, 0.29) is 16.9 Å². The normalized spacial score (nSPS) is 23.3. The van der Waals surface area contributed by atoms with Crippen LogP contribution in [0, 0.1) is 18.3 Å². The number of carboxylic acid groups (broad SMARTS) is 1. The van der Waals surface area contributed by atoms with Gasteiger partial charge in [-0.3, -0.25) is 4.79 Å². The van der Waals surface area contributed by atoms with Crippen LogP contribution in [0.15, 0.2) is 12.1 Å². The molecule has 0 aliphatic carbocycles. The summed E-state index contributed by atoms with van der Waals surface area (Å²) in [5.41, 5.74) is 1.14. The number of carbonyl (C=O) groups excluding carboxylic acids is 1. The van der Waals surface area contributed by atoms with Gasteiger partial charge in [-0.1, -0.05) is 13.8 Å². The topological polar surface area (TPSA) is 73.7 Å². The number of hydrogen-bond acceptors (Lipinski definition) is 4. The second kappa shape index (κ2) is 7.87. The van der Waals surface area contributed by atoms with E-state index in [1.807, 2.05) is 11.8 Å². The summed E-state index contributed by atoms with van der Waals surface area (Å²) < 4.78 is 0. The number of amides is 1. The summed E-state index contributed by atoms with van der Waals surface area (Å²) in [6, 6.07) is 3.40. The molecule has 3 rings (SSSR count). The van der Waals surface area contributed by atoms with E-state index in [1.54, 1.807) is 12.1 Å². The van der Waals surface area contributed by atoms with Crippen molar-refractivity contribution in [2.45, 2.75) is 52.9 Å². The fraction of sp³-hybridized carbons (Fsp3) is 0.667. The van der Waals surface area contributed by atoms with E-state index in [9.17, 15) is 14.7 Å². The zero-order chi connectivity index (χ0) is 19.6. The zero-order valence-electron chi connectivity index (χ0n) is 16.7. The molecule has 6 nitrogen and oxygen atoms in total. The molecule has 1 amide bonds. The van der Waals surface area contributed by atoms with Gasteiger partial charge < -0.3 is 14.9 Å². The van der Waals surface area contributed by atoms with Gasteiger partial charge in [-0.2, -0.15) is 0 Å². The maximum Gasteiger partial charge on any atom is 0.339 e. The number of aromatic nitrogens is 1. The number of anilines is 1. The lowest BCUT2D eigenvalue weighted by Gasteiger charge is -2.49. The second-order valence-corrected chi connectivity index (χ2v) is 8.65. The molecule has 148 valence electrons. The number of piperidine rings is 2. The minimum atomic E-state index is -0.936. The third kappa shape index (κ3) is 4.42. The third-order valence-corrected chi connectivity index (χ3v) is 5.93. The molecule has 1 aromatic heterocycles. The summed E-state index contributed by atoms with van der Waals surface area (Å²) in [5, 5.41) is 9.57. The van der Waals surface area contributed by atoms with Gasteiger partial charge in [-0.25, -0.2) is 9.78 Å². The molecule has 1 N–H and O–H groups in total. The van der Waals surface area contributed by atoms with Gasteiger partial charge in [-0.05, 0) is 50.7 Å². The minimum Gasteiger partial charge on any atom is -0.478 e. The summed E-state index contributed by atoms with van der Waals surface area (Å²) in [5.74, 6) is 0.480. The highest BCUT2D eigenvalue weighted by Crippen LogP contribution is 2.40. The number of rotatable bonds is 5. The molecular weight excluding hydrogens is 342 g/mol. The van der Waals surface area contributed by atoms with Gasteiger partial charge in [0.25, 0.3) is 0 Å². The lowest BCUT2D eigenvalue weighted by Crippen LogP contribution is -2.54. The molecule has 1 aromatic rings. The number of carbonyl (C=O) groups is 2. The molecular formula is C21H31N3O3.